The summed E-state index contributed by atoms with van der Waals surface area (Å²) in [7, 11) is 1.64. The molecule has 0 unspecified atom stereocenters. The van der Waals surface area contributed by atoms with E-state index in [1.54, 1.807) is 18.1 Å². The maximum absolute atomic E-state index is 13.5. The molecule has 4 heterocycles. The summed E-state index contributed by atoms with van der Waals surface area (Å²) < 4.78 is 17.3. The van der Waals surface area contributed by atoms with Gasteiger partial charge in [0, 0.05) is 62.6 Å². The molecule has 0 N–H and O–H groups in total. The van der Waals surface area contributed by atoms with Gasteiger partial charge in [-0.25, -0.2) is 4.98 Å². The molecule has 1 aromatic heterocycles. The van der Waals surface area contributed by atoms with E-state index in [9.17, 15) is 9.59 Å². The standard InChI is InChI=1S/C23H30ClN3O5/c1-30-23-13-26(10-18(23)11-27(14-23)22(24)29)21(28)17-8-19(16-2-3-16)25-20(9-17)32-12-15-4-6-31-7-5-15/h8-9,15-16,18H,2-7,10-14H2,1H3/t18-,23+/m1/s1. The van der Waals surface area contributed by atoms with Crippen LogP contribution in [0, 0.1) is 11.8 Å². The van der Waals surface area contributed by atoms with Gasteiger partial charge in [0.25, 0.3) is 5.91 Å². The van der Waals surface area contributed by atoms with Crippen molar-refractivity contribution in [1.82, 2.24) is 14.8 Å². The second kappa shape index (κ2) is 8.80. The molecule has 1 aromatic rings. The maximum Gasteiger partial charge on any atom is 0.316 e. The van der Waals surface area contributed by atoms with Crippen LogP contribution in [-0.2, 0) is 9.47 Å². The molecule has 0 radical (unpaired) electrons. The third-order valence-electron chi connectivity index (χ3n) is 7.36. The summed E-state index contributed by atoms with van der Waals surface area (Å²) in [6.45, 7) is 4.03. The van der Waals surface area contributed by atoms with E-state index in [4.69, 9.17) is 30.8 Å². The smallest absolute Gasteiger partial charge is 0.316 e. The molecule has 3 aliphatic heterocycles. The van der Waals surface area contributed by atoms with Crippen LogP contribution in [0.3, 0.4) is 0 Å². The summed E-state index contributed by atoms with van der Waals surface area (Å²) in [5.41, 5.74) is 0.993. The van der Waals surface area contributed by atoms with Gasteiger partial charge in [-0.05, 0) is 49.3 Å². The number of fused-ring (bicyclic) bond motifs is 1. The first-order valence-corrected chi connectivity index (χ1v) is 11.9. The van der Waals surface area contributed by atoms with E-state index in [1.807, 2.05) is 11.0 Å². The summed E-state index contributed by atoms with van der Waals surface area (Å²) in [6, 6.07) is 3.69. The van der Waals surface area contributed by atoms with Crippen molar-refractivity contribution in [3.63, 3.8) is 0 Å². The van der Waals surface area contributed by atoms with Crippen molar-refractivity contribution in [2.45, 2.75) is 37.2 Å². The van der Waals surface area contributed by atoms with Crippen molar-refractivity contribution in [3.8, 4) is 5.88 Å². The fourth-order valence-electron chi connectivity index (χ4n) is 5.20. The van der Waals surface area contributed by atoms with Gasteiger partial charge < -0.3 is 24.0 Å². The normalized spacial score (nSPS) is 28.1. The molecule has 1 aliphatic carbocycles. The van der Waals surface area contributed by atoms with E-state index in [-0.39, 0.29) is 11.8 Å². The van der Waals surface area contributed by atoms with E-state index in [0.717, 1.165) is 44.6 Å². The van der Waals surface area contributed by atoms with Crippen LogP contribution in [-0.4, -0.2) is 84.8 Å². The van der Waals surface area contributed by atoms with Crippen LogP contribution >= 0.6 is 11.6 Å². The predicted molar refractivity (Wildman–Crippen MR) is 117 cm³/mol. The number of likely N-dealkylation sites (tertiary alicyclic amines) is 2. The highest BCUT2D eigenvalue weighted by molar-refractivity contribution is 6.62. The Morgan fingerprint density at radius 1 is 1.16 bits per heavy atom. The van der Waals surface area contributed by atoms with Crippen LogP contribution in [0.5, 0.6) is 5.88 Å². The van der Waals surface area contributed by atoms with Gasteiger partial charge in [-0.3, -0.25) is 9.59 Å². The molecular formula is C23H30ClN3O5. The molecule has 9 heteroatoms. The Balaban J connectivity index is 1.31. The van der Waals surface area contributed by atoms with Gasteiger partial charge in [0.05, 0.1) is 19.7 Å². The Morgan fingerprint density at radius 3 is 2.53 bits per heavy atom. The van der Waals surface area contributed by atoms with Crippen molar-refractivity contribution in [2.24, 2.45) is 11.8 Å². The summed E-state index contributed by atoms with van der Waals surface area (Å²) in [6.07, 6.45) is 4.18. The summed E-state index contributed by atoms with van der Waals surface area (Å²) in [5, 5.41) is -0.469. The van der Waals surface area contributed by atoms with Crippen molar-refractivity contribution >= 4 is 22.9 Å². The fourth-order valence-corrected chi connectivity index (χ4v) is 5.33. The lowest BCUT2D eigenvalue weighted by atomic mass is 9.95. The first kappa shape index (κ1) is 21.9. The number of hydrogen-bond acceptors (Lipinski definition) is 6. The average molecular weight is 464 g/mol. The molecule has 4 fully saturated rings. The summed E-state index contributed by atoms with van der Waals surface area (Å²) in [4.78, 5) is 33.2. The topological polar surface area (TPSA) is 81.2 Å². The van der Waals surface area contributed by atoms with E-state index < -0.39 is 11.0 Å². The monoisotopic (exact) mass is 463 g/mol. The Bertz CT molecular complexity index is 888. The molecule has 5 rings (SSSR count). The van der Waals surface area contributed by atoms with Gasteiger partial charge in [0.2, 0.25) is 5.88 Å². The van der Waals surface area contributed by atoms with Gasteiger partial charge in [-0.15, -0.1) is 0 Å². The fraction of sp³-hybridized carbons (Fsp3) is 0.696. The number of halogens is 1. The summed E-state index contributed by atoms with van der Waals surface area (Å²) >= 11 is 5.69. The van der Waals surface area contributed by atoms with E-state index in [1.165, 1.54) is 0 Å². The third-order valence-corrected chi connectivity index (χ3v) is 7.60. The van der Waals surface area contributed by atoms with Crippen molar-refractivity contribution in [3.05, 3.63) is 23.4 Å². The SMILES string of the molecule is CO[C@@]12CN(C(=O)Cl)C[C@H]1CN(C(=O)c1cc(OCC3CCOCC3)nc(C3CC3)c1)C2. The molecule has 0 bridgehead atoms. The van der Waals surface area contributed by atoms with Crippen LogP contribution in [0.1, 0.15) is 47.7 Å². The van der Waals surface area contributed by atoms with E-state index >= 15 is 0 Å². The number of rotatable bonds is 6. The lowest BCUT2D eigenvalue weighted by Gasteiger charge is -2.27. The molecule has 4 aliphatic rings. The highest BCUT2D eigenvalue weighted by atomic mass is 35.5. The zero-order valence-corrected chi connectivity index (χ0v) is 19.2. The van der Waals surface area contributed by atoms with Gasteiger partial charge >= 0.3 is 5.37 Å². The predicted octanol–water partition coefficient (Wildman–Crippen LogP) is 2.90. The molecule has 0 aromatic carbocycles. The largest absolute Gasteiger partial charge is 0.477 e. The van der Waals surface area contributed by atoms with Crippen LogP contribution < -0.4 is 4.74 Å². The number of hydrogen-bond donors (Lipinski definition) is 0. The quantitative estimate of drug-likeness (QED) is 0.476. The molecular weight excluding hydrogens is 434 g/mol. The molecule has 3 saturated heterocycles. The number of carbonyl (C=O) groups is 2. The van der Waals surface area contributed by atoms with Gasteiger partial charge in [-0.2, -0.15) is 0 Å². The molecule has 2 atom stereocenters. The first-order chi connectivity index (χ1) is 15.5. The van der Waals surface area contributed by atoms with E-state index in [2.05, 4.69) is 0 Å². The van der Waals surface area contributed by atoms with Crippen LogP contribution in [0.15, 0.2) is 12.1 Å². The Morgan fingerprint density at radius 2 is 1.88 bits per heavy atom. The molecule has 32 heavy (non-hydrogen) atoms. The number of pyridine rings is 1. The zero-order valence-electron chi connectivity index (χ0n) is 18.4. The lowest BCUT2D eigenvalue weighted by molar-refractivity contribution is -0.00940. The third kappa shape index (κ3) is 4.32. The Hall–Kier alpha value is -1.90. The van der Waals surface area contributed by atoms with Gasteiger partial charge in [0.1, 0.15) is 5.60 Å². The first-order valence-electron chi connectivity index (χ1n) is 11.5. The molecule has 174 valence electrons. The molecule has 8 nitrogen and oxygen atoms in total. The van der Waals surface area contributed by atoms with Crippen molar-refractivity contribution in [1.29, 1.82) is 0 Å². The summed E-state index contributed by atoms with van der Waals surface area (Å²) in [5.74, 6) is 1.41. The minimum Gasteiger partial charge on any atom is -0.477 e. The number of carbonyl (C=O) groups excluding carboxylic acids is 2. The second-order valence-corrected chi connectivity index (χ2v) is 9.87. The molecule has 0 spiro atoms. The Labute approximate surface area is 193 Å². The van der Waals surface area contributed by atoms with Crippen LogP contribution in [0.2, 0.25) is 0 Å². The highest BCUT2D eigenvalue weighted by Crippen LogP contribution is 2.41. The maximum atomic E-state index is 13.5. The van der Waals surface area contributed by atoms with Crippen LogP contribution in [0.4, 0.5) is 4.79 Å². The van der Waals surface area contributed by atoms with Gasteiger partial charge in [0.15, 0.2) is 0 Å². The van der Waals surface area contributed by atoms with Gasteiger partial charge in [-0.1, -0.05) is 0 Å². The minimum atomic E-state index is -0.561. The number of amides is 2. The second-order valence-electron chi connectivity index (χ2n) is 9.54. The lowest BCUT2D eigenvalue weighted by Crippen LogP contribution is -2.43. The molecule has 1 saturated carbocycles. The highest BCUT2D eigenvalue weighted by Gasteiger charge is 2.55. The minimum absolute atomic E-state index is 0.0419. The number of ether oxygens (including phenoxy) is 3. The zero-order chi connectivity index (χ0) is 22.3. The van der Waals surface area contributed by atoms with Crippen molar-refractivity contribution in [2.75, 3.05) is 53.1 Å². The Kier molecular flexibility index (Phi) is 6.03. The average Bonchev–Trinajstić information content (AvgIpc) is 3.50. The van der Waals surface area contributed by atoms with E-state index in [0.29, 0.717) is 56.1 Å². The number of methoxy groups -OCH3 is 1. The number of nitrogens with zero attached hydrogens (tertiary/aromatic N) is 3. The number of aromatic nitrogens is 1. The van der Waals surface area contributed by atoms with Crippen molar-refractivity contribution < 1.29 is 23.8 Å². The molecule has 2 amide bonds. The van der Waals surface area contributed by atoms with Crippen LogP contribution in [0.25, 0.3) is 0 Å².